The number of fused-ring (bicyclic) bond motifs is 1. The van der Waals surface area contributed by atoms with E-state index in [0.29, 0.717) is 6.54 Å². The summed E-state index contributed by atoms with van der Waals surface area (Å²) in [5.74, 6) is 0. The van der Waals surface area contributed by atoms with Crippen LogP contribution in [0, 0.1) is 0 Å². The van der Waals surface area contributed by atoms with Gasteiger partial charge in [-0.15, -0.1) is 0 Å². The topological polar surface area (TPSA) is 59.5 Å². The fraction of sp³-hybridized carbons (Fsp3) is 0.182. The van der Waals surface area contributed by atoms with Gasteiger partial charge in [-0.3, -0.25) is 0 Å². The molecule has 0 aliphatic carbocycles. The van der Waals surface area contributed by atoms with Gasteiger partial charge < -0.3 is 15.1 Å². The number of carbonyl (C=O) groups is 1. The van der Waals surface area contributed by atoms with Crippen LogP contribution in [0.4, 0.5) is 4.79 Å². The van der Waals surface area contributed by atoms with Crippen molar-refractivity contribution in [3.05, 3.63) is 36.1 Å². The van der Waals surface area contributed by atoms with Crippen LogP contribution in [-0.2, 0) is 6.54 Å². The highest BCUT2D eigenvalue weighted by molar-refractivity contribution is 5.81. The fourth-order valence-electron chi connectivity index (χ4n) is 1.49. The fourth-order valence-corrected chi connectivity index (χ4v) is 1.49. The molecule has 0 saturated carbocycles. The van der Waals surface area contributed by atoms with Crippen LogP contribution in [0.15, 0.2) is 34.9 Å². The standard InChI is InChI=1S/C11H12N2O2/c1-13(11(12)14)6-8-7-15-10-5-3-2-4-9(8)10/h2-5,7H,6H2,1H3,(H2,12,14). The average Bonchev–Trinajstić information content (AvgIpc) is 2.62. The van der Waals surface area contributed by atoms with Crippen molar-refractivity contribution < 1.29 is 9.21 Å². The lowest BCUT2D eigenvalue weighted by atomic mass is 10.2. The summed E-state index contributed by atoms with van der Waals surface area (Å²) in [7, 11) is 1.66. The molecule has 1 heterocycles. The van der Waals surface area contributed by atoms with Gasteiger partial charge in [-0.2, -0.15) is 0 Å². The van der Waals surface area contributed by atoms with E-state index in [1.165, 1.54) is 4.90 Å². The first-order chi connectivity index (χ1) is 7.18. The van der Waals surface area contributed by atoms with Gasteiger partial charge in [0.1, 0.15) is 5.58 Å². The number of rotatable bonds is 2. The Morgan fingerprint density at radius 2 is 2.20 bits per heavy atom. The van der Waals surface area contributed by atoms with Crippen molar-refractivity contribution in [2.75, 3.05) is 7.05 Å². The first kappa shape index (κ1) is 9.58. The summed E-state index contributed by atoms with van der Waals surface area (Å²) in [6.45, 7) is 0.465. The van der Waals surface area contributed by atoms with E-state index < -0.39 is 6.03 Å². The molecule has 2 aromatic rings. The second-order valence-electron chi connectivity index (χ2n) is 3.45. The van der Waals surface area contributed by atoms with Crippen molar-refractivity contribution in [3.63, 3.8) is 0 Å². The number of primary amides is 1. The Labute approximate surface area is 87.3 Å². The van der Waals surface area contributed by atoms with Gasteiger partial charge in [0.15, 0.2) is 0 Å². The molecule has 0 bridgehead atoms. The maximum Gasteiger partial charge on any atom is 0.314 e. The second kappa shape index (κ2) is 3.65. The number of hydrogen-bond donors (Lipinski definition) is 1. The van der Waals surface area contributed by atoms with Crippen molar-refractivity contribution in [1.29, 1.82) is 0 Å². The third-order valence-corrected chi connectivity index (χ3v) is 2.34. The average molecular weight is 204 g/mol. The Balaban J connectivity index is 2.32. The molecule has 15 heavy (non-hydrogen) atoms. The van der Waals surface area contributed by atoms with Crippen molar-refractivity contribution in [2.24, 2.45) is 5.73 Å². The van der Waals surface area contributed by atoms with Gasteiger partial charge in [0.25, 0.3) is 0 Å². The van der Waals surface area contributed by atoms with Crippen LogP contribution in [0.2, 0.25) is 0 Å². The zero-order valence-electron chi connectivity index (χ0n) is 8.43. The summed E-state index contributed by atoms with van der Waals surface area (Å²) >= 11 is 0. The van der Waals surface area contributed by atoms with Crippen LogP contribution in [0.5, 0.6) is 0 Å². The number of para-hydroxylation sites is 1. The predicted octanol–water partition coefficient (Wildman–Crippen LogP) is 1.94. The smallest absolute Gasteiger partial charge is 0.314 e. The van der Waals surface area contributed by atoms with E-state index in [2.05, 4.69) is 0 Å². The molecule has 0 saturated heterocycles. The molecule has 2 N–H and O–H groups in total. The molecule has 2 rings (SSSR count). The van der Waals surface area contributed by atoms with Crippen LogP contribution < -0.4 is 5.73 Å². The molecule has 0 radical (unpaired) electrons. The largest absolute Gasteiger partial charge is 0.464 e. The zero-order chi connectivity index (χ0) is 10.8. The van der Waals surface area contributed by atoms with Crippen LogP contribution in [0.3, 0.4) is 0 Å². The zero-order valence-corrected chi connectivity index (χ0v) is 8.43. The minimum Gasteiger partial charge on any atom is -0.464 e. The van der Waals surface area contributed by atoms with Crippen LogP contribution in [0.25, 0.3) is 11.0 Å². The summed E-state index contributed by atoms with van der Waals surface area (Å²) in [5, 5.41) is 1.02. The first-order valence-electron chi connectivity index (χ1n) is 4.64. The van der Waals surface area contributed by atoms with Gasteiger partial charge in [0, 0.05) is 18.0 Å². The molecule has 1 aromatic carbocycles. The normalized spacial score (nSPS) is 10.5. The lowest BCUT2D eigenvalue weighted by Crippen LogP contribution is -2.31. The summed E-state index contributed by atoms with van der Waals surface area (Å²) in [4.78, 5) is 12.3. The van der Waals surface area contributed by atoms with E-state index in [9.17, 15) is 4.79 Å². The van der Waals surface area contributed by atoms with Gasteiger partial charge >= 0.3 is 6.03 Å². The molecule has 1 aromatic heterocycles. The summed E-state index contributed by atoms with van der Waals surface area (Å²) in [5.41, 5.74) is 6.94. The molecule has 4 nitrogen and oxygen atoms in total. The molecule has 78 valence electrons. The van der Waals surface area contributed by atoms with Gasteiger partial charge in [0.2, 0.25) is 0 Å². The SMILES string of the molecule is CN(Cc1coc2ccccc12)C(N)=O. The Hall–Kier alpha value is -1.97. The van der Waals surface area contributed by atoms with E-state index in [1.807, 2.05) is 24.3 Å². The number of carbonyl (C=O) groups excluding carboxylic acids is 1. The Morgan fingerprint density at radius 3 is 2.93 bits per heavy atom. The van der Waals surface area contributed by atoms with E-state index in [4.69, 9.17) is 10.2 Å². The molecular weight excluding hydrogens is 192 g/mol. The highest BCUT2D eigenvalue weighted by Crippen LogP contribution is 2.21. The molecule has 0 aliphatic heterocycles. The summed E-state index contributed by atoms with van der Waals surface area (Å²) < 4.78 is 5.35. The number of nitrogens with zero attached hydrogens (tertiary/aromatic N) is 1. The van der Waals surface area contributed by atoms with E-state index in [0.717, 1.165) is 16.5 Å². The van der Waals surface area contributed by atoms with Crippen molar-refractivity contribution in [1.82, 2.24) is 4.90 Å². The van der Waals surface area contributed by atoms with Crippen molar-refractivity contribution in [2.45, 2.75) is 6.54 Å². The highest BCUT2D eigenvalue weighted by Gasteiger charge is 2.09. The minimum absolute atomic E-state index is 0.444. The maximum atomic E-state index is 10.9. The van der Waals surface area contributed by atoms with Crippen molar-refractivity contribution in [3.8, 4) is 0 Å². The van der Waals surface area contributed by atoms with Gasteiger partial charge in [-0.05, 0) is 6.07 Å². The van der Waals surface area contributed by atoms with E-state index in [1.54, 1.807) is 13.3 Å². The number of urea groups is 1. The van der Waals surface area contributed by atoms with Crippen LogP contribution in [-0.4, -0.2) is 18.0 Å². The molecule has 0 aliphatic rings. The number of benzene rings is 1. The van der Waals surface area contributed by atoms with Gasteiger partial charge in [-0.1, -0.05) is 18.2 Å². The number of furan rings is 1. The maximum absolute atomic E-state index is 10.9. The Morgan fingerprint density at radius 1 is 1.47 bits per heavy atom. The quantitative estimate of drug-likeness (QED) is 0.812. The Bertz CT molecular complexity index is 490. The Kier molecular flexibility index (Phi) is 2.33. The molecular formula is C11H12N2O2. The lowest BCUT2D eigenvalue weighted by Gasteiger charge is -2.12. The third kappa shape index (κ3) is 1.79. The summed E-state index contributed by atoms with van der Waals surface area (Å²) in [6, 6.07) is 7.26. The molecule has 4 heteroatoms. The van der Waals surface area contributed by atoms with Crippen LogP contribution >= 0.6 is 0 Å². The highest BCUT2D eigenvalue weighted by atomic mass is 16.3. The molecule has 0 fully saturated rings. The lowest BCUT2D eigenvalue weighted by molar-refractivity contribution is 0.216. The molecule has 0 spiro atoms. The van der Waals surface area contributed by atoms with Gasteiger partial charge in [-0.25, -0.2) is 4.79 Å². The van der Waals surface area contributed by atoms with E-state index in [-0.39, 0.29) is 0 Å². The van der Waals surface area contributed by atoms with Crippen molar-refractivity contribution >= 4 is 17.0 Å². The molecule has 0 atom stereocenters. The number of amides is 2. The number of nitrogens with two attached hydrogens (primary N) is 1. The van der Waals surface area contributed by atoms with Gasteiger partial charge in [0.05, 0.1) is 12.8 Å². The number of hydrogen-bond acceptors (Lipinski definition) is 2. The molecule has 2 amide bonds. The monoisotopic (exact) mass is 204 g/mol. The second-order valence-corrected chi connectivity index (χ2v) is 3.45. The minimum atomic E-state index is -0.444. The predicted molar refractivity (Wildman–Crippen MR) is 57.3 cm³/mol. The molecule has 0 unspecified atom stereocenters. The summed E-state index contributed by atoms with van der Waals surface area (Å²) in [6.07, 6.45) is 1.66. The third-order valence-electron chi connectivity index (χ3n) is 2.34. The first-order valence-corrected chi connectivity index (χ1v) is 4.64. The van der Waals surface area contributed by atoms with Crippen LogP contribution in [0.1, 0.15) is 5.56 Å². The van der Waals surface area contributed by atoms with E-state index >= 15 is 0 Å².